The van der Waals surface area contributed by atoms with E-state index in [4.69, 9.17) is 0 Å². The maximum atomic E-state index is 14.1. The summed E-state index contributed by atoms with van der Waals surface area (Å²) in [6, 6.07) is 60.0. The third kappa shape index (κ3) is 6.16. The molecule has 0 unspecified atom stereocenters. The van der Waals surface area contributed by atoms with Crippen molar-refractivity contribution in [2.75, 3.05) is 0 Å². The highest BCUT2D eigenvalue weighted by atomic mass is 19.4. The molecule has 62 heavy (non-hydrogen) atoms. The fraction of sp³-hybridized carbons (Fsp3) is 0.0357. The average molecular weight is 819 g/mol. The molecule has 0 N–H and O–H groups in total. The SMILES string of the molecule is FC(F)(F)c1ccc(-c2ccc3c(-c4cc5ccccc5c5ccccc45)c4cc(-c5cccc(C(F)(F)F)c5)ccc4c(-c4cc5ccccc5c5ccccc45)c3c2)cc1. The minimum atomic E-state index is -4.52. The quantitative estimate of drug-likeness (QED) is 0.0943. The molecule has 0 bridgehead atoms. The van der Waals surface area contributed by atoms with E-state index in [1.807, 2.05) is 78.9 Å². The van der Waals surface area contributed by atoms with Crippen molar-refractivity contribution in [3.63, 3.8) is 0 Å². The summed E-state index contributed by atoms with van der Waals surface area (Å²) in [5, 5.41) is 11.9. The van der Waals surface area contributed by atoms with Gasteiger partial charge in [0.05, 0.1) is 11.1 Å². The molecule has 0 radical (unpaired) electrons. The van der Waals surface area contributed by atoms with Crippen LogP contribution in [0.5, 0.6) is 0 Å². The summed E-state index contributed by atoms with van der Waals surface area (Å²) in [5.41, 5.74) is 4.71. The summed E-state index contributed by atoms with van der Waals surface area (Å²) in [5.74, 6) is 0. The van der Waals surface area contributed by atoms with Crippen LogP contribution >= 0.6 is 0 Å². The van der Waals surface area contributed by atoms with Gasteiger partial charge in [-0.05, 0) is 158 Å². The van der Waals surface area contributed by atoms with E-state index in [2.05, 4.69) is 66.7 Å². The van der Waals surface area contributed by atoms with Crippen LogP contribution in [0.4, 0.5) is 26.3 Å². The second-order valence-electron chi connectivity index (χ2n) is 15.8. The van der Waals surface area contributed by atoms with Crippen LogP contribution in [-0.2, 0) is 12.4 Å². The summed E-state index contributed by atoms with van der Waals surface area (Å²) >= 11 is 0. The monoisotopic (exact) mass is 818 g/mol. The molecule has 0 amide bonds. The molecular formula is C56H32F6. The van der Waals surface area contributed by atoms with E-state index in [1.54, 1.807) is 6.07 Å². The van der Waals surface area contributed by atoms with Crippen LogP contribution in [0.25, 0.3) is 109 Å². The van der Waals surface area contributed by atoms with Gasteiger partial charge < -0.3 is 0 Å². The van der Waals surface area contributed by atoms with Crippen molar-refractivity contribution < 1.29 is 26.3 Å². The van der Waals surface area contributed by atoms with Crippen LogP contribution in [0.3, 0.4) is 0 Å². The Labute approximate surface area is 351 Å². The first-order valence-electron chi connectivity index (χ1n) is 20.2. The van der Waals surface area contributed by atoms with E-state index in [1.165, 1.54) is 24.3 Å². The fourth-order valence-electron chi connectivity index (χ4n) is 9.42. The molecule has 0 atom stereocenters. The minimum Gasteiger partial charge on any atom is -0.166 e. The standard InChI is InChI=1S/C56H32F6/c57-55(58,59)39-24-20-33(21-25-39)35-22-26-47-51(29-35)53(49-31-37-10-1-3-14-41(37)43-16-5-7-18-45(43)49)48-27-23-36(34-12-9-13-40(28-34)56(60,61)62)30-52(48)54(47)50-32-38-11-2-4-15-42(38)44-17-6-8-19-46(44)50/h1-32H. The number of alkyl halides is 6. The van der Waals surface area contributed by atoms with Gasteiger partial charge in [0.2, 0.25) is 0 Å². The Morgan fingerprint density at radius 2 is 0.645 bits per heavy atom. The zero-order valence-corrected chi connectivity index (χ0v) is 32.7. The molecule has 0 aliphatic carbocycles. The Balaban J connectivity index is 1.33. The minimum absolute atomic E-state index is 0.437. The van der Waals surface area contributed by atoms with Gasteiger partial charge in [-0.1, -0.05) is 146 Å². The molecule has 0 aromatic heterocycles. The lowest BCUT2D eigenvalue weighted by Crippen LogP contribution is -2.04. The van der Waals surface area contributed by atoms with E-state index in [-0.39, 0.29) is 0 Å². The van der Waals surface area contributed by atoms with Crippen molar-refractivity contribution in [1.82, 2.24) is 0 Å². The summed E-state index contributed by atoms with van der Waals surface area (Å²) in [6.07, 6.45) is -9.00. The first-order chi connectivity index (χ1) is 30.0. The van der Waals surface area contributed by atoms with E-state index in [0.29, 0.717) is 16.7 Å². The number of benzene rings is 11. The summed E-state index contributed by atoms with van der Waals surface area (Å²) < 4.78 is 83.6. The number of hydrogen-bond donors (Lipinski definition) is 0. The van der Waals surface area contributed by atoms with Gasteiger partial charge in [0.25, 0.3) is 0 Å². The van der Waals surface area contributed by atoms with Gasteiger partial charge in [-0.15, -0.1) is 0 Å². The second kappa shape index (κ2) is 14.1. The number of fused-ring (bicyclic) bond motifs is 8. The maximum absolute atomic E-state index is 14.1. The van der Waals surface area contributed by atoms with Gasteiger partial charge in [0.1, 0.15) is 0 Å². The molecule has 11 aromatic rings. The van der Waals surface area contributed by atoms with Crippen molar-refractivity contribution in [2.45, 2.75) is 12.4 Å². The van der Waals surface area contributed by atoms with Gasteiger partial charge in [-0.2, -0.15) is 26.3 Å². The van der Waals surface area contributed by atoms with E-state index in [9.17, 15) is 26.3 Å². The van der Waals surface area contributed by atoms with Gasteiger partial charge in [-0.25, -0.2) is 0 Å². The highest BCUT2D eigenvalue weighted by molar-refractivity contribution is 6.29. The number of halogens is 6. The van der Waals surface area contributed by atoms with Crippen molar-refractivity contribution >= 4 is 64.6 Å². The van der Waals surface area contributed by atoms with Crippen molar-refractivity contribution in [2.24, 2.45) is 0 Å². The summed E-state index contributed by atoms with van der Waals surface area (Å²) in [7, 11) is 0. The Bertz CT molecular complexity index is 3600. The lowest BCUT2D eigenvalue weighted by molar-refractivity contribution is -0.138. The summed E-state index contributed by atoms with van der Waals surface area (Å²) in [6.45, 7) is 0. The maximum Gasteiger partial charge on any atom is 0.416 e. The third-order valence-corrected chi connectivity index (χ3v) is 12.3. The van der Waals surface area contributed by atoms with Crippen molar-refractivity contribution in [3.05, 3.63) is 205 Å². The zero-order valence-electron chi connectivity index (χ0n) is 32.7. The smallest absolute Gasteiger partial charge is 0.166 e. The molecule has 0 heterocycles. The first-order valence-corrected chi connectivity index (χ1v) is 20.2. The normalized spacial score (nSPS) is 12.4. The topological polar surface area (TPSA) is 0 Å². The number of hydrogen-bond acceptors (Lipinski definition) is 0. The molecule has 298 valence electrons. The predicted molar refractivity (Wildman–Crippen MR) is 243 cm³/mol. The lowest BCUT2D eigenvalue weighted by Gasteiger charge is -2.22. The highest BCUT2D eigenvalue weighted by Crippen LogP contribution is 2.50. The predicted octanol–water partition coefficient (Wildman–Crippen LogP) is 17.3. The van der Waals surface area contributed by atoms with Crippen LogP contribution in [0.15, 0.2) is 194 Å². The molecular weight excluding hydrogens is 787 g/mol. The number of rotatable bonds is 4. The van der Waals surface area contributed by atoms with Gasteiger partial charge in [-0.3, -0.25) is 0 Å². The van der Waals surface area contributed by atoms with Crippen LogP contribution < -0.4 is 0 Å². The Kier molecular flexibility index (Phi) is 8.52. The Morgan fingerprint density at radius 1 is 0.242 bits per heavy atom. The largest absolute Gasteiger partial charge is 0.416 e. The van der Waals surface area contributed by atoms with Gasteiger partial charge in [0.15, 0.2) is 0 Å². The molecule has 0 saturated carbocycles. The van der Waals surface area contributed by atoms with Crippen molar-refractivity contribution in [3.8, 4) is 44.5 Å². The highest BCUT2D eigenvalue weighted by Gasteiger charge is 2.31. The average Bonchev–Trinajstić information content (AvgIpc) is 3.29. The van der Waals surface area contributed by atoms with Crippen LogP contribution in [-0.4, -0.2) is 0 Å². The molecule has 0 aliphatic rings. The molecule has 0 fully saturated rings. The summed E-state index contributed by atoms with van der Waals surface area (Å²) in [4.78, 5) is 0. The molecule has 0 saturated heterocycles. The van der Waals surface area contributed by atoms with E-state index < -0.39 is 23.5 Å². The molecule has 0 spiro atoms. The Morgan fingerprint density at radius 3 is 1.13 bits per heavy atom. The van der Waals surface area contributed by atoms with E-state index in [0.717, 1.165) is 111 Å². The van der Waals surface area contributed by atoms with Crippen LogP contribution in [0.2, 0.25) is 0 Å². The lowest BCUT2D eigenvalue weighted by atomic mass is 9.81. The zero-order chi connectivity index (χ0) is 42.3. The first kappa shape index (κ1) is 37.6. The second-order valence-corrected chi connectivity index (χ2v) is 15.8. The van der Waals surface area contributed by atoms with Gasteiger partial charge in [0, 0.05) is 0 Å². The van der Waals surface area contributed by atoms with E-state index >= 15 is 0 Å². The molecule has 11 aromatic carbocycles. The van der Waals surface area contributed by atoms with Crippen LogP contribution in [0, 0.1) is 0 Å². The van der Waals surface area contributed by atoms with Crippen LogP contribution in [0.1, 0.15) is 11.1 Å². The fourth-order valence-corrected chi connectivity index (χ4v) is 9.42. The molecule has 0 aliphatic heterocycles. The third-order valence-electron chi connectivity index (χ3n) is 12.3. The van der Waals surface area contributed by atoms with Crippen molar-refractivity contribution in [1.29, 1.82) is 0 Å². The molecule has 11 rings (SSSR count). The molecule has 6 heteroatoms. The van der Waals surface area contributed by atoms with Gasteiger partial charge >= 0.3 is 12.4 Å². The molecule has 0 nitrogen and oxygen atoms in total. The Hall–Kier alpha value is -7.44.